The van der Waals surface area contributed by atoms with E-state index in [0.717, 1.165) is 9.26 Å². The van der Waals surface area contributed by atoms with Crippen molar-refractivity contribution in [1.29, 1.82) is 0 Å². The zero-order valence-electron chi connectivity index (χ0n) is 9.00. The van der Waals surface area contributed by atoms with Gasteiger partial charge in [0.15, 0.2) is 5.78 Å². The first-order valence-corrected chi connectivity index (χ1v) is 6.49. The van der Waals surface area contributed by atoms with Crippen molar-refractivity contribution in [2.45, 2.75) is 19.8 Å². The van der Waals surface area contributed by atoms with Gasteiger partial charge in [-0.05, 0) is 42.0 Å². The first kappa shape index (κ1) is 13.9. The quantitative estimate of drug-likeness (QED) is 0.738. The van der Waals surface area contributed by atoms with E-state index in [0.29, 0.717) is 24.5 Å². The maximum Gasteiger partial charge on any atom is 0.158 e. The van der Waals surface area contributed by atoms with Crippen LogP contribution in [-0.2, 0) is 16.0 Å². The van der Waals surface area contributed by atoms with Gasteiger partial charge in [-0.2, -0.15) is 0 Å². The Hall–Kier alpha value is -0.200. The summed E-state index contributed by atoms with van der Waals surface area (Å²) in [5.41, 5.74) is 0.873. The van der Waals surface area contributed by atoms with Crippen LogP contribution < -0.4 is 0 Å². The molecule has 0 unspecified atom stereocenters. The number of carbonyl (C=O) groups excluding carboxylic acids is 1. The van der Waals surface area contributed by atoms with Gasteiger partial charge in [-0.25, -0.2) is 0 Å². The van der Waals surface area contributed by atoms with E-state index in [1.165, 1.54) is 0 Å². The van der Waals surface area contributed by atoms with Gasteiger partial charge in [-0.3, -0.25) is 9.78 Å². The Morgan fingerprint density at radius 2 is 2.38 bits per heavy atom. The minimum atomic E-state index is 0.0967. The monoisotopic (exact) mass is 353 g/mol. The Morgan fingerprint density at radius 3 is 3.06 bits per heavy atom. The molecular formula is C11H13ClINO2. The Labute approximate surface area is 114 Å². The highest BCUT2D eigenvalue weighted by atomic mass is 127. The van der Waals surface area contributed by atoms with Crippen LogP contribution in [0.2, 0.25) is 5.02 Å². The van der Waals surface area contributed by atoms with Crippen molar-refractivity contribution in [1.82, 2.24) is 4.98 Å². The van der Waals surface area contributed by atoms with Crippen LogP contribution >= 0.6 is 34.2 Å². The van der Waals surface area contributed by atoms with Gasteiger partial charge in [0, 0.05) is 19.2 Å². The molecule has 88 valence electrons. The molecule has 1 rings (SSSR count). The van der Waals surface area contributed by atoms with E-state index in [9.17, 15) is 4.79 Å². The second-order valence-electron chi connectivity index (χ2n) is 3.23. The molecule has 0 spiro atoms. The van der Waals surface area contributed by atoms with Gasteiger partial charge in [-0.15, -0.1) is 0 Å². The fraction of sp³-hybridized carbons (Fsp3) is 0.455. The van der Waals surface area contributed by atoms with Crippen LogP contribution in [0.1, 0.15) is 19.0 Å². The summed E-state index contributed by atoms with van der Waals surface area (Å²) in [5, 5.41) is 0.683. The number of nitrogens with zero attached hydrogens (tertiary/aromatic N) is 1. The standard InChI is InChI=1S/C11H13ClINO2/c1-2-16-7-8(15)3-4-10-11(13)9(12)5-6-14-10/h5-6H,2-4,7H2,1H3. The van der Waals surface area contributed by atoms with Gasteiger partial charge in [-0.1, -0.05) is 11.6 Å². The number of aromatic nitrogens is 1. The molecule has 0 amide bonds. The summed E-state index contributed by atoms with van der Waals surface area (Å²) in [5.74, 6) is 0.0967. The fourth-order valence-corrected chi connectivity index (χ4v) is 1.93. The van der Waals surface area contributed by atoms with Gasteiger partial charge in [0.25, 0.3) is 0 Å². The number of hydrogen-bond acceptors (Lipinski definition) is 3. The molecule has 16 heavy (non-hydrogen) atoms. The maximum absolute atomic E-state index is 11.4. The second-order valence-corrected chi connectivity index (χ2v) is 4.72. The lowest BCUT2D eigenvalue weighted by atomic mass is 10.1. The van der Waals surface area contributed by atoms with Crippen molar-refractivity contribution in [3.63, 3.8) is 0 Å². The number of carbonyl (C=O) groups is 1. The Morgan fingerprint density at radius 1 is 1.62 bits per heavy atom. The zero-order valence-corrected chi connectivity index (χ0v) is 11.9. The minimum Gasteiger partial charge on any atom is -0.374 e. The largest absolute Gasteiger partial charge is 0.374 e. The zero-order chi connectivity index (χ0) is 12.0. The summed E-state index contributed by atoms with van der Waals surface area (Å²) in [7, 11) is 0. The normalized spacial score (nSPS) is 10.4. The van der Waals surface area contributed by atoms with Gasteiger partial charge in [0.05, 0.1) is 14.3 Å². The SMILES string of the molecule is CCOCC(=O)CCc1nccc(Cl)c1I. The van der Waals surface area contributed by atoms with E-state index in [1.807, 2.05) is 6.92 Å². The van der Waals surface area contributed by atoms with Crippen molar-refractivity contribution < 1.29 is 9.53 Å². The van der Waals surface area contributed by atoms with E-state index in [1.54, 1.807) is 12.3 Å². The Kier molecular flexibility index (Phi) is 6.23. The number of pyridine rings is 1. The topological polar surface area (TPSA) is 39.2 Å². The average Bonchev–Trinajstić information content (AvgIpc) is 2.28. The third-order valence-electron chi connectivity index (χ3n) is 2.02. The molecule has 0 fully saturated rings. The molecule has 0 aromatic carbocycles. The third-order valence-corrected chi connectivity index (χ3v) is 3.86. The molecule has 3 nitrogen and oxygen atoms in total. The average molecular weight is 354 g/mol. The van der Waals surface area contributed by atoms with Crippen LogP contribution in [0.15, 0.2) is 12.3 Å². The number of Topliss-reactive ketones (excluding diaryl/α,β-unsaturated/α-hetero) is 1. The van der Waals surface area contributed by atoms with E-state index in [4.69, 9.17) is 16.3 Å². The van der Waals surface area contributed by atoms with Crippen LogP contribution in [0.25, 0.3) is 0 Å². The van der Waals surface area contributed by atoms with Crippen LogP contribution in [0.5, 0.6) is 0 Å². The number of ether oxygens (including phenoxy) is 1. The summed E-state index contributed by atoms with van der Waals surface area (Å²) in [6.07, 6.45) is 2.72. The van der Waals surface area contributed by atoms with Gasteiger partial charge in [0.1, 0.15) is 6.61 Å². The number of aryl methyl sites for hydroxylation is 1. The highest BCUT2D eigenvalue weighted by Gasteiger charge is 2.08. The molecule has 1 heterocycles. The third kappa shape index (κ3) is 4.35. The van der Waals surface area contributed by atoms with E-state index in [-0.39, 0.29) is 12.4 Å². The molecular weight excluding hydrogens is 340 g/mol. The molecule has 0 aliphatic heterocycles. The lowest BCUT2D eigenvalue weighted by molar-refractivity contribution is -0.123. The molecule has 0 atom stereocenters. The predicted molar refractivity (Wildman–Crippen MR) is 71.8 cm³/mol. The van der Waals surface area contributed by atoms with Crippen molar-refractivity contribution in [2.24, 2.45) is 0 Å². The van der Waals surface area contributed by atoms with E-state index >= 15 is 0 Å². The van der Waals surface area contributed by atoms with Gasteiger partial charge >= 0.3 is 0 Å². The summed E-state index contributed by atoms with van der Waals surface area (Å²) >= 11 is 8.10. The highest BCUT2D eigenvalue weighted by Crippen LogP contribution is 2.20. The van der Waals surface area contributed by atoms with Crippen molar-refractivity contribution in [3.05, 3.63) is 26.5 Å². The molecule has 0 radical (unpaired) electrons. The van der Waals surface area contributed by atoms with Crippen LogP contribution in [0.3, 0.4) is 0 Å². The van der Waals surface area contributed by atoms with Crippen molar-refractivity contribution in [3.8, 4) is 0 Å². The number of rotatable bonds is 6. The molecule has 1 aromatic heterocycles. The summed E-state index contributed by atoms with van der Waals surface area (Å²) in [4.78, 5) is 15.6. The summed E-state index contributed by atoms with van der Waals surface area (Å²) in [6.45, 7) is 2.63. The fourth-order valence-electron chi connectivity index (χ4n) is 1.18. The van der Waals surface area contributed by atoms with Crippen LogP contribution in [0.4, 0.5) is 0 Å². The van der Waals surface area contributed by atoms with E-state index < -0.39 is 0 Å². The lowest BCUT2D eigenvalue weighted by Crippen LogP contribution is -2.10. The number of hydrogen-bond donors (Lipinski definition) is 0. The first-order chi connectivity index (χ1) is 7.65. The predicted octanol–water partition coefficient (Wildman–Crippen LogP) is 2.88. The van der Waals surface area contributed by atoms with E-state index in [2.05, 4.69) is 27.6 Å². The number of ketones is 1. The van der Waals surface area contributed by atoms with Crippen molar-refractivity contribution >= 4 is 40.0 Å². The Balaban J connectivity index is 2.48. The Bertz CT molecular complexity index is 371. The molecule has 0 aliphatic rings. The summed E-state index contributed by atoms with van der Waals surface area (Å²) in [6, 6.07) is 1.74. The molecule has 0 N–H and O–H groups in total. The molecule has 0 saturated heterocycles. The van der Waals surface area contributed by atoms with Crippen LogP contribution in [0, 0.1) is 3.57 Å². The van der Waals surface area contributed by atoms with Crippen molar-refractivity contribution in [2.75, 3.05) is 13.2 Å². The highest BCUT2D eigenvalue weighted by molar-refractivity contribution is 14.1. The first-order valence-electron chi connectivity index (χ1n) is 5.03. The number of halogens is 2. The summed E-state index contributed by atoms with van der Waals surface area (Å²) < 4.78 is 5.96. The van der Waals surface area contributed by atoms with Crippen LogP contribution in [-0.4, -0.2) is 24.0 Å². The lowest BCUT2D eigenvalue weighted by Gasteiger charge is -2.04. The molecule has 0 saturated carbocycles. The smallest absolute Gasteiger partial charge is 0.158 e. The molecule has 5 heteroatoms. The molecule has 1 aromatic rings. The molecule has 0 aliphatic carbocycles. The minimum absolute atomic E-state index is 0.0967. The second kappa shape index (κ2) is 7.19. The maximum atomic E-state index is 11.4. The van der Waals surface area contributed by atoms with Gasteiger partial charge < -0.3 is 4.74 Å². The van der Waals surface area contributed by atoms with Gasteiger partial charge in [0.2, 0.25) is 0 Å². The molecule has 0 bridgehead atoms.